The summed E-state index contributed by atoms with van der Waals surface area (Å²) < 4.78 is 2.16. The van der Waals surface area contributed by atoms with Gasteiger partial charge in [0.2, 0.25) is 0 Å². The van der Waals surface area contributed by atoms with Gasteiger partial charge < -0.3 is 14.5 Å². The average molecular weight is 319 g/mol. The first-order valence-corrected chi connectivity index (χ1v) is 7.94. The van der Waals surface area contributed by atoms with Crippen molar-refractivity contribution in [3.63, 3.8) is 0 Å². The highest BCUT2D eigenvalue weighted by Crippen LogP contribution is 2.32. The van der Waals surface area contributed by atoms with Crippen molar-refractivity contribution in [1.82, 2.24) is 14.5 Å². The number of rotatable bonds is 2. The lowest BCUT2D eigenvalue weighted by Gasteiger charge is -2.37. The zero-order chi connectivity index (χ0) is 16.5. The Morgan fingerprint density at radius 2 is 1.83 bits per heavy atom. The third-order valence-corrected chi connectivity index (χ3v) is 4.46. The second-order valence-electron chi connectivity index (χ2n) is 5.85. The maximum absolute atomic E-state index is 13.0. The molecule has 0 aliphatic carbocycles. The van der Waals surface area contributed by atoms with Crippen LogP contribution in [-0.4, -0.2) is 26.9 Å². The lowest BCUT2D eigenvalue weighted by atomic mass is 9.99. The van der Waals surface area contributed by atoms with Gasteiger partial charge in [-0.2, -0.15) is 0 Å². The minimum absolute atomic E-state index is 0.179. The zero-order valence-corrected chi connectivity index (χ0v) is 13.1. The van der Waals surface area contributed by atoms with Crippen LogP contribution < -0.4 is 5.56 Å². The first-order chi connectivity index (χ1) is 11.8. The molecule has 1 atom stereocenters. The third kappa shape index (κ3) is 2.34. The van der Waals surface area contributed by atoms with E-state index in [1.54, 1.807) is 17.0 Å². The molecule has 1 amide bonds. The summed E-state index contributed by atoms with van der Waals surface area (Å²) in [6.45, 7) is 1.29. The van der Waals surface area contributed by atoms with Crippen molar-refractivity contribution >= 4 is 5.91 Å². The third-order valence-electron chi connectivity index (χ3n) is 4.46. The number of fused-ring (bicyclic) bond motifs is 1. The van der Waals surface area contributed by atoms with E-state index in [9.17, 15) is 9.59 Å². The molecule has 0 bridgehead atoms. The van der Waals surface area contributed by atoms with Crippen LogP contribution in [0.4, 0.5) is 0 Å². The summed E-state index contributed by atoms with van der Waals surface area (Å²) in [7, 11) is 0. The zero-order valence-electron chi connectivity index (χ0n) is 13.1. The Hall–Kier alpha value is -3.08. The van der Waals surface area contributed by atoms with Crippen molar-refractivity contribution in [1.29, 1.82) is 0 Å². The molecule has 0 fully saturated rings. The number of aromatic amines is 1. The van der Waals surface area contributed by atoms with Crippen molar-refractivity contribution < 1.29 is 4.79 Å². The monoisotopic (exact) mass is 319 g/mol. The van der Waals surface area contributed by atoms with Crippen LogP contribution in [0.1, 0.15) is 27.7 Å². The van der Waals surface area contributed by atoms with Gasteiger partial charge >= 0.3 is 0 Å². The molecule has 5 heteroatoms. The van der Waals surface area contributed by atoms with Gasteiger partial charge in [-0.15, -0.1) is 0 Å². The standard InChI is InChI=1S/C19H17N3O2/c23-18-15(8-4-10-20-18)19(24)22-13-12-21-11-5-9-16(21)17(22)14-6-2-1-3-7-14/h1-11,17H,12-13H2,(H,20,23). The van der Waals surface area contributed by atoms with Crippen molar-refractivity contribution in [2.75, 3.05) is 6.54 Å². The molecule has 0 saturated carbocycles. The molecule has 5 nitrogen and oxygen atoms in total. The summed E-state index contributed by atoms with van der Waals surface area (Å²) in [6.07, 6.45) is 3.57. The van der Waals surface area contributed by atoms with Gasteiger partial charge in [0.1, 0.15) is 5.56 Å². The quantitative estimate of drug-likeness (QED) is 0.788. The van der Waals surface area contributed by atoms with E-state index in [1.165, 1.54) is 6.20 Å². The van der Waals surface area contributed by atoms with Crippen LogP contribution in [0.15, 0.2) is 71.8 Å². The van der Waals surface area contributed by atoms with E-state index in [1.807, 2.05) is 48.7 Å². The maximum Gasteiger partial charge on any atom is 0.260 e. The number of carbonyl (C=O) groups excluding carboxylic acids is 1. The molecule has 3 aromatic rings. The van der Waals surface area contributed by atoms with Crippen LogP contribution in [0.25, 0.3) is 0 Å². The second kappa shape index (κ2) is 5.85. The molecule has 24 heavy (non-hydrogen) atoms. The minimum Gasteiger partial charge on any atom is -0.348 e. The topological polar surface area (TPSA) is 58.1 Å². The minimum atomic E-state index is -0.352. The van der Waals surface area contributed by atoms with E-state index in [0.29, 0.717) is 6.54 Å². The van der Waals surface area contributed by atoms with E-state index in [-0.39, 0.29) is 23.1 Å². The Balaban J connectivity index is 1.81. The fourth-order valence-corrected chi connectivity index (χ4v) is 3.33. The highest BCUT2D eigenvalue weighted by atomic mass is 16.2. The summed E-state index contributed by atoms with van der Waals surface area (Å²) in [6, 6.07) is 17.0. The SMILES string of the molecule is O=C(c1ccc[nH]c1=O)N1CCn2cccc2C1c1ccccc1. The fraction of sp³-hybridized carbons (Fsp3) is 0.158. The highest BCUT2D eigenvalue weighted by Gasteiger charge is 2.33. The first-order valence-electron chi connectivity index (χ1n) is 7.94. The van der Waals surface area contributed by atoms with Crippen LogP contribution in [0, 0.1) is 0 Å². The molecule has 0 saturated heterocycles. The van der Waals surface area contributed by atoms with Crippen LogP contribution in [0.2, 0.25) is 0 Å². The van der Waals surface area contributed by atoms with E-state index >= 15 is 0 Å². The fourth-order valence-electron chi connectivity index (χ4n) is 3.33. The Bertz CT molecular complexity index is 927. The Kier molecular flexibility index (Phi) is 3.54. The number of nitrogens with one attached hydrogen (secondary N) is 1. The van der Waals surface area contributed by atoms with Crippen molar-refractivity contribution in [3.05, 3.63) is 94.2 Å². The number of nitrogens with zero attached hydrogens (tertiary/aromatic N) is 2. The highest BCUT2D eigenvalue weighted by molar-refractivity contribution is 5.94. The van der Waals surface area contributed by atoms with Crippen molar-refractivity contribution in [2.45, 2.75) is 12.6 Å². The molecular formula is C19H17N3O2. The second-order valence-corrected chi connectivity index (χ2v) is 5.85. The molecule has 1 aliphatic heterocycles. The summed E-state index contributed by atoms with van der Waals surface area (Å²) in [5.74, 6) is -0.238. The van der Waals surface area contributed by atoms with E-state index in [2.05, 4.69) is 9.55 Å². The Morgan fingerprint density at radius 1 is 1.00 bits per heavy atom. The number of amides is 1. The van der Waals surface area contributed by atoms with Crippen LogP contribution >= 0.6 is 0 Å². The molecule has 1 N–H and O–H groups in total. The normalized spacial score (nSPS) is 16.7. The largest absolute Gasteiger partial charge is 0.348 e. The first kappa shape index (κ1) is 14.5. The molecule has 1 aromatic carbocycles. The Morgan fingerprint density at radius 3 is 2.62 bits per heavy atom. The molecule has 4 rings (SSSR count). The molecule has 0 radical (unpaired) electrons. The summed E-state index contributed by atoms with van der Waals surface area (Å²) in [5.41, 5.74) is 1.93. The Labute approximate surface area is 139 Å². The van der Waals surface area contributed by atoms with Gasteiger partial charge in [-0.05, 0) is 29.8 Å². The maximum atomic E-state index is 13.0. The molecule has 3 heterocycles. The average Bonchev–Trinajstić information content (AvgIpc) is 3.10. The molecule has 1 unspecified atom stereocenters. The molecule has 120 valence electrons. The lowest BCUT2D eigenvalue weighted by Crippen LogP contribution is -2.43. The van der Waals surface area contributed by atoms with Crippen LogP contribution in [0.3, 0.4) is 0 Å². The van der Waals surface area contributed by atoms with Gasteiger partial charge in [-0.3, -0.25) is 9.59 Å². The predicted octanol–water partition coefficient (Wildman–Crippen LogP) is 2.42. The van der Waals surface area contributed by atoms with Gasteiger partial charge in [0.25, 0.3) is 11.5 Å². The number of aromatic nitrogens is 2. The van der Waals surface area contributed by atoms with Gasteiger partial charge in [0.15, 0.2) is 0 Å². The smallest absolute Gasteiger partial charge is 0.260 e. The molecule has 0 spiro atoms. The van der Waals surface area contributed by atoms with Gasteiger partial charge in [-0.25, -0.2) is 0 Å². The van der Waals surface area contributed by atoms with E-state index in [0.717, 1.165) is 17.8 Å². The number of pyridine rings is 1. The molecular weight excluding hydrogens is 302 g/mol. The van der Waals surface area contributed by atoms with Crippen LogP contribution in [-0.2, 0) is 6.54 Å². The molecule has 2 aromatic heterocycles. The summed E-state index contributed by atoms with van der Waals surface area (Å²) in [4.78, 5) is 29.4. The predicted molar refractivity (Wildman–Crippen MR) is 90.8 cm³/mol. The van der Waals surface area contributed by atoms with Gasteiger partial charge in [-0.1, -0.05) is 30.3 Å². The van der Waals surface area contributed by atoms with Crippen molar-refractivity contribution in [2.24, 2.45) is 0 Å². The molecule has 1 aliphatic rings. The number of H-pyrrole nitrogens is 1. The summed E-state index contributed by atoms with van der Waals surface area (Å²) in [5, 5.41) is 0. The van der Waals surface area contributed by atoms with E-state index in [4.69, 9.17) is 0 Å². The number of hydrogen-bond acceptors (Lipinski definition) is 2. The lowest BCUT2D eigenvalue weighted by molar-refractivity contribution is 0.0662. The van der Waals surface area contributed by atoms with Gasteiger partial charge in [0, 0.05) is 31.2 Å². The van der Waals surface area contributed by atoms with Crippen LogP contribution in [0.5, 0.6) is 0 Å². The summed E-state index contributed by atoms with van der Waals surface area (Å²) >= 11 is 0. The van der Waals surface area contributed by atoms with Gasteiger partial charge in [0.05, 0.1) is 6.04 Å². The number of benzene rings is 1. The number of carbonyl (C=O) groups is 1. The number of hydrogen-bond donors (Lipinski definition) is 1. The van der Waals surface area contributed by atoms with Crippen molar-refractivity contribution in [3.8, 4) is 0 Å². The van der Waals surface area contributed by atoms with E-state index < -0.39 is 0 Å².